The third kappa shape index (κ3) is 3.33. The topological polar surface area (TPSA) is 0 Å². The molecule has 2 heterocycles. The molecule has 0 aliphatic rings. The monoisotopic (exact) mass is 402 g/mol. The molecule has 5 aromatic rings. The zero-order chi connectivity index (χ0) is 18.9. The van der Waals surface area contributed by atoms with Gasteiger partial charge in [-0.15, -0.1) is 22.7 Å². The smallest absolute Gasteiger partial charge is 0.0542 e. The average Bonchev–Trinajstić information content (AvgIpc) is 3.25. The molecule has 0 unspecified atom stereocenters. The molecule has 0 atom stereocenters. The molecule has 0 aliphatic carbocycles. The van der Waals surface area contributed by atoms with Crippen LogP contribution in [0.15, 0.2) is 54.6 Å². The summed E-state index contributed by atoms with van der Waals surface area (Å²) in [6.07, 6.45) is 9.40. The van der Waals surface area contributed by atoms with Gasteiger partial charge in [0.2, 0.25) is 0 Å². The predicted molar refractivity (Wildman–Crippen MR) is 129 cm³/mol. The number of hydrogen-bond acceptors (Lipinski definition) is 2. The van der Waals surface area contributed by atoms with Crippen molar-refractivity contribution in [3.63, 3.8) is 0 Å². The van der Waals surface area contributed by atoms with Crippen LogP contribution in [0.3, 0.4) is 0 Å². The lowest BCUT2D eigenvalue weighted by Gasteiger charge is -2.05. The number of hydrogen-bond donors (Lipinski definition) is 0. The van der Waals surface area contributed by atoms with Crippen LogP contribution in [0.2, 0.25) is 0 Å². The predicted octanol–water partition coefficient (Wildman–Crippen LogP) is 9.33. The van der Waals surface area contributed by atoms with E-state index in [2.05, 4.69) is 61.5 Å². The molecule has 28 heavy (non-hydrogen) atoms. The molecule has 2 heteroatoms. The van der Waals surface area contributed by atoms with Gasteiger partial charge in [0.15, 0.2) is 0 Å². The molecule has 3 aromatic carbocycles. The van der Waals surface area contributed by atoms with Crippen molar-refractivity contribution in [1.29, 1.82) is 0 Å². The molecule has 0 aliphatic heterocycles. The first-order valence-electron chi connectivity index (χ1n) is 10.6. The van der Waals surface area contributed by atoms with Gasteiger partial charge in [0.25, 0.3) is 0 Å². The molecule has 0 bridgehead atoms. The van der Waals surface area contributed by atoms with Gasteiger partial charge in [-0.2, -0.15) is 0 Å². The highest BCUT2D eigenvalue weighted by molar-refractivity contribution is 7.36. The second kappa shape index (κ2) is 7.85. The van der Waals surface area contributed by atoms with Crippen molar-refractivity contribution < 1.29 is 0 Å². The van der Waals surface area contributed by atoms with Gasteiger partial charge in [0.05, 0.1) is 9.40 Å². The first-order chi connectivity index (χ1) is 13.8. The van der Waals surface area contributed by atoms with Gasteiger partial charge < -0.3 is 0 Å². The SMILES string of the molecule is CCCCCCCCc1ccc2cc3sc4c5ccccc5sc4c3cc2c1. The van der Waals surface area contributed by atoms with E-state index in [9.17, 15) is 0 Å². The molecule has 0 saturated carbocycles. The summed E-state index contributed by atoms with van der Waals surface area (Å²) in [7, 11) is 0. The van der Waals surface area contributed by atoms with Gasteiger partial charge in [-0.25, -0.2) is 0 Å². The molecule has 2 aromatic heterocycles. The Labute approximate surface area is 174 Å². The molecule has 5 rings (SSSR count). The van der Waals surface area contributed by atoms with E-state index in [4.69, 9.17) is 0 Å². The van der Waals surface area contributed by atoms with Crippen molar-refractivity contribution in [3.8, 4) is 0 Å². The molecule has 0 amide bonds. The Bertz CT molecular complexity index is 1260. The minimum Gasteiger partial charge on any atom is -0.134 e. The highest BCUT2D eigenvalue weighted by Crippen LogP contribution is 2.45. The molecule has 0 N–H and O–H groups in total. The number of benzene rings is 3. The Kier molecular flexibility index (Phi) is 5.09. The summed E-state index contributed by atoms with van der Waals surface area (Å²) in [5, 5.41) is 5.62. The Balaban J connectivity index is 1.46. The summed E-state index contributed by atoms with van der Waals surface area (Å²) in [6.45, 7) is 2.28. The largest absolute Gasteiger partial charge is 0.134 e. The van der Waals surface area contributed by atoms with Gasteiger partial charge in [0.1, 0.15) is 0 Å². The van der Waals surface area contributed by atoms with Gasteiger partial charge in [0, 0.05) is 20.2 Å². The van der Waals surface area contributed by atoms with E-state index in [0.717, 1.165) is 0 Å². The molecule has 0 fully saturated rings. The highest BCUT2D eigenvalue weighted by Gasteiger charge is 2.12. The van der Waals surface area contributed by atoms with E-state index in [1.807, 2.05) is 22.7 Å². The minimum atomic E-state index is 1.21. The van der Waals surface area contributed by atoms with Gasteiger partial charge in [-0.05, 0) is 47.4 Å². The van der Waals surface area contributed by atoms with Crippen LogP contribution < -0.4 is 0 Å². The van der Waals surface area contributed by atoms with E-state index < -0.39 is 0 Å². The van der Waals surface area contributed by atoms with Gasteiger partial charge in [-0.3, -0.25) is 0 Å². The second-order valence-electron chi connectivity index (χ2n) is 7.91. The highest BCUT2D eigenvalue weighted by atomic mass is 32.1. The fraction of sp³-hybridized carbons (Fsp3) is 0.308. The van der Waals surface area contributed by atoms with Crippen molar-refractivity contribution in [3.05, 3.63) is 60.2 Å². The molecule has 142 valence electrons. The lowest BCUT2D eigenvalue weighted by Crippen LogP contribution is -1.87. The van der Waals surface area contributed by atoms with Crippen LogP contribution in [0, 0.1) is 0 Å². The maximum atomic E-state index is 2.43. The second-order valence-corrected chi connectivity index (χ2v) is 10.0. The van der Waals surface area contributed by atoms with Crippen molar-refractivity contribution in [2.75, 3.05) is 0 Å². The van der Waals surface area contributed by atoms with Crippen LogP contribution in [-0.2, 0) is 6.42 Å². The fourth-order valence-electron chi connectivity index (χ4n) is 4.26. The van der Waals surface area contributed by atoms with Gasteiger partial charge >= 0.3 is 0 Å². The van der Waals surface area contributed by atoms with E-state index >= 15 is 0 Å². The first kappa shape index (κ1) is 18.1. The van der Waals surface area contributed by atoms with Crippen molar-refractivity contribution in [2.45, 2.75) is 51.9 Å². The van der Waals surface area contributed by atoms with Crippen molar-refractivity contribution >= 4 is 63.0 Å². The summed E-state index contributed by atoms with van der Waals surface area (Å²) in [5.74, 6) is 0. The minimum absolute atomic E-state index is 1.21. The van der Waals surface area contributed by atoms with Crippen molar-refractivity contribution in [2.24, 2.45) is 0 Å². The number of thiophene rings is 2. The molecule has 0 nitrogen and oxygen atoms in total. The zero-order valence-electron chi connectivity index (χ0n) is 16.5. The van der Waals surface area contributed by atoms with E-state index in [1.165, 1.54) is 90.9 Å². The summed E-state index contributed by atoms with van der Waals surface area (Å²) < 4.78 is 5.74. The molecular weight excluding hydrogens is 376 g/mol. The molecular formula is C26H26S2. The maximum absolute atomic E-state index is 2.43. The Hall–Kier alpha value is -1.90. The quantitative estimate of drug-likeness (QED) is 0.238. The van der Waals surface area contributed by atoms with E-state index in [-0.39, 0.29) is 0 Å². The summed E-state index contributed by atoms with van der Waals surface area (Å²) in [4.78, 5) is 0. The lowest BCUT2D eigenvalue weighted by molar-refractivity contribution is 0.607. The molecule has 0 radical (unpaired) electrons. The summed E-state index contributed by atoms with van der Waals surface area (Å²) in [5.41, 5.74) is 1.49. The number of rotatable bonds is 7. The van der Waals surface area contributed by atoms with Crippen LogP contribution in [0.25, 0.3) is 40.3 Å². The maximum Gasteiger partial charge on any atom is 0.0542 e. The Morgan fingerprint density at radius 1 is 0.643 bits per heavy atom. The van der Waals surface area contributed by atoms with Crippen LogP contribution in [0.5, 0.6) is 0 Å². The van der Waals surface area contributed by atoms with Crippen LogP contribution in [0.1, 0.15) is 51.0 Å². The third-order valence-corrected chi connectivity index (χ3v) is 8.35. The van der Waals surface area contributed by atoms with E-state index in [1.54, 1.807) is 0 Å². The van der Waals surface area contributed by atoms with Gasteiger partial charge in [-0.1, -0.05) is 75.4 Å². The number of unbranched alkanes of at least 4 members (excludes halogenated alkanes) is 5. The fourth-order valence-corrected chi connectivity index (χ4v) is 6.94. The number of fused-ring (bicyclic) bond motifs is 6. The molecule has 0 saturated heterocycles. The van der Waals surface area contributed by atoms with Crippen LogP contribution in [0.4, 0.5) is 0 Å². The van der Waals surface area contributed by atoms with Crippen LogP contribution >= 0.6 is 22.7 Å². The third-order valence-electron chi connectivity index (χ3n) is 5.83. The van der Waals surface area contributed by atoms with E-state index in [0.29, 0.717) is 0 Å². The normalized spacial score (nSPS) is 12.0. The lowest BCUT2D eigenvalue weighted by atomic mass is 10.0. The Morgan fingerprint density at radius 2 is 1.43 bits per heavy atom. The zero-order valence-corrected chi connectivity index (χ0v) is 18.1. The summed E-state index contributed by atoms with van der Waals surface area (Å²) in [6, 6.07) is 20.7. The van der Waals surface area contributed by atoms with Crippen LogP contribution in [-0.4, -0.2) is 0 Å². The average molecular weight is 403 g/mol. The van der Waals surface area contributed by atoms with Crippen molar-refractivity contribution in [1.82, 2.24) is 0 Å². The Morgan fingerprint density at radius 3 is 2.36 bits per heavy atom. The first-order valence-corrected chi connectivity index (χ1v) is 12.2. The number of aryl methyl sites for hydroxylation is 1. The standard InChI is InChI=1S/C26H26S2/c1-2-3-4-5-6-7-10-18-13-14-19-17-24-22(16-20(19)15-18)26-25(28-24)21-11-8-9-12-23(21)27-26/h8-9,11-17H,2-7,10H2,1H3. The molecule has 0 spiro atoms. The summed E-state index contributed by atoms with van der Waals surface area (Å²) >= 11 is 3.89.